The van der Waals surface area contributed by atoms with Crippen LogP contribution < -0.4 is 11.1 Å². The third-order valence-corrected chi connectivity index (χ3v) is 2.39. The summed E-state index contributed by atoms with van der Waals surface area (Å²) in [7, 11) is 0. The Balaban J connectivity index is 2.68. The van der Waals surface area contributed by atoms with E-state index in [1.165, 1.54) is 12.1 Å². The van der Waals surface area contributed by atoms with Gasteiger partial charge in [0.05, 0.1) is 5.54 Å². The largest absolute Gasteiger partial charge is 0.504 e. The maximum absolute atomic E-state index is 11.0. The van der Waals surface area contributed by atoms with Crippen molar-refractivity contribution in [3.63, 3.8) is 0 Å². The average Bonchev–Trinajstić information content (AvgIpc) is 2.20. The van der Waals surface area contributed by atoms with Crippen LogP contribution >= 0.6 is 0 Å². The Morgan fingerprint density at radius 3 is 2.50 bits per heavy atom. The Hall–Kier alpha value is -1.75. The molecule has 5 heteroatoms. The minimum absolute atomic E-state index is 0.169. The molecule has 0 aliphatic heterocycles. The second-order valence-electron chi connectivity index (χ2n) is 4.17. The zero-order valence-electron chi connectivity index (χ0n) is 9.32. The molecule has 0 unspecified atom stereocenters. The number of hydrogen-bond donors (Lipinski definition) is 4. The predicted molar refractivity (Wildman–Crippen MR) is 59.9 cm³/mol. The Labute approximate surface area is 93.9 Å². The third-order valence-electron chi connectivity index (χ3n) is 2.39. The van der Waals surface area contributed by atoms with Crippen LogP contribution in [0.1, 0.15) is 19.4 Å². The van der Waals surface area contributed by atoms with Gasteiger partial charge in [0.1, 0.15) is 0 Å². The number of nitrogens with one attached hydrogen (secondary N) is 1. The highest BCUT2D eigenvalue weighted by molar-refractivity contribution is 5.83. The molecule has 0 bridgehead atoms. The van der Waals surface area contributed by atoms with Crippen LogP contribution in [0.3, 0.4) is 0 Å². The van der Waals surface area contributed by atoms with Crippen molar-refractivity contribution in [2.45, 2.75) is 25.9 Å². The first-order valence-corrected chi connectivity index (χ1v) is 4.89. The van der Waals surface area contributed by atoms with Crippen LogP contribution in [0.4, 0.5) is 0 Å². The van der Waals surface area contributed by atoms with Gasteiger partial charge in [-0.05, 0) is 31.5 Å². The van der Waals surface area contributed by atoms with Gasteiger partial charge in [-0.2, -0.15) is 0 Å². The molecule has 0 atom stereocenters. The third kappa shape index (κ3) is 2.87. The number of aromatic hydroxyl groups is 2. The summed E-state index contributed by atoms with van der Waals surface area (Å²) in [5.74, 6) is -0.801. The molecule has 1 aromatic rings. The molecule has 0 radical (unpaired) electrons. The van der Waals surface area contributed by atoms with Gasteiger partial charge in [0, 0.05) is 6.54 Å². The fourth-order valence-corrected chi connectivity index (χ4v) is 1.09. The molecule has 1 rings (SSSR count). The van der Waals surface area contributed by atoms with Gasteiger partial charge in [0.15, 0.2) is 11.5 Å². The fourth-order valence-electron chi connectivity index (χ4n) is 1.09. The number of carbonyl (C=O) groups is 1. The first-order chi connectivity index (χ1) is 7.33. The molecule has 88 valence electrons. The lowest BCUT2D eigenvalue weighted by Crippen LogP contribution is -2.50. The van der Waals surface area contributed by atoms with E-state index in [1.54, 1.807) is 19.9 Å². The van der Waals surface area contributed by atoms with Crippen LogP contribution in [0.5, 0.6) is 11.5 Å². The standard InChI is InChI=1S/C11H16N2O3/c1-11(2,10(12)16)13-6-7-3-4-8(14)9(15)5-7/h3-5,13-15H,6H2,1-2H3,(H2,12,16). The maximum Gasteiger partial charge on any atom is 0.237 e. The number of phenolic OH excluding ortho intramolecular Hbond substituents is 2. The van der Waals surface area contributed by atoms with E-state index in [-0.39, 0.29) is 11.5 Å². The molecule has 0 aliphatic rings. The summed E-state index contributed by atoms with van der Waals surface area (Å²) >= 11 is 0. The normalized spacial score (nSPS) is 11.4. The van der Waals surface area contributed by atoms with Crippen molar-refractivity contribution < 1.29 is 15.0 Å². The number of hydrogen-bond acceptors (Lipinski definition) is 4. The summed E-state index contributed by atoms with van der Waals surface area (Å²) in [5.41, 5.74) is 5.14. The van der Waals surface area contributed by atoms with Crippen molar-refractivity contribution in [2.24, 2.45) is 5.73 Å². The number of primary amides is 1. The summed E-state index contributed by atoms with van der Waals surface area (Å²) < 4.78 is 0. The Kier molecular flexibility index (Phi) is 3.39. The predicted octanol–water partition coefficient (Wildman–Crippen LogP) is 0.451. The van der Waals surface area contributed by atoms with Gasteiger partial charge in [-0.3, -0.25) is 10.1 Å². The van der Waals surface area contributed by atoms with Gasteiger partial charge in [-0.15, -0.1) is 0 Å². The first kappa shape index (κ1) is 12.3. The van der Waals surface area contributed by atoms with Crippen molar-refractivity contribution in [1.29, 1.82) is 0 Å². The maximum atomic E-state index is 11.0. The molecule has 1 amide bonds. The van der Waals surface area contributed by atoms with Crippen LogP contribution in [0, 0.1) is 0 Å². The monoisotopic (exact) mass is 224 g/mol. The minimum Gasteiger partial charge on any atom is -0.504 e. The van der Waals surface area contributed by atoms with Gasteiger partial charge < -0.3 is 15.9 Å². The Morgan fingerprint density at radius 2 is 2.00 bits per heavy atom. The summed E-state index contributed by atoms with van der Waals surface area (Å²) in [5, 5.41) is 21.3. The molecular formula is C11H16N2O3. The zero-order chi connectivity index (χ0) is 12.3. The quantitative estimate of drug-likeness (QED) is 0.558. The lowest BCUT2D eigenvalue weighted by molar-refractivity contribution is -0.123. The lowest BCUT2D eigenvalue weighted by Gasteiger charge is -2.22. The second kappa shape index (κ2) is 4.40. The molecule has 16 heavy (non-hydrogen) atoms. The highest BCUT2D eigenvalue weighted by atomic mass is 16.3. The van der Waals surface area contributed by atoms with E-state index in [1.807, 2.05) is 0 Å². The molecular weight excluding hydrogens is 208 g/mol. The van der Waals surface area contributed by atoms with Crippen molar-refractivity contribution in [1.82, 2.24) is 5.32 Å². The average molecular weight is 224 g/mol. The lowest BCUT2D eigenvalue weighted by atomic mass is 10.0. The van der Waals surface area contributed by atoms with Crippen LogP contribution in [-0.2, 0) is 11.3 Å². The Bertz CT molecular complexity index is 402. The molecule has 0 saturated carbocycles. The van der Waals surface area contributed by atoms with Gasteiger partial charge in [-0.25, -0.2) is 0 Å². The highest BCUT2D eigenvalue weighted by Crippen LogP contribution is 2.24. The topological polar surface area (TPSA) is 95.6 Å². The van der Waals surface area contributed by atoms with Crippen molar-refractivity contribution in [3.8, 4) is 11.5 Å². The zero-order valence-corrected chi connectivity index (χ0v) is 9.32. The number of nitrogens with two attached hydrogens (primary N) is 1. The van der Waals surface area contributed by atoms with E-state index in [0.29, 0.717) is 6.54 Å². The number of benzene rings is 1. The van der Waals surface area contributed by atoms with Gasteiger partial charge in [0.25, 0.3) is 0 Å². The molecule has 1 aromatic carbocycles. The molecule has 0 fully saturated rings. The molecule has 0 spiro atoms. The Morgan fingerprint density at radius 1 is 1.38 bits per heavy atom. The summed E-state index contributed by atoms with van der Waals surface area (Å²) in [6.07, 6.45) is 0. The molecule has 0 saturated heterocycles. The number of rotatable bonds is 4. The molecule has 5 N–H and O–H groups in total. The second-order valence-corrected chi connectivity index (χ2v) is 4.17. The number of phenols is 2. The minimum atomic E-state index is -0.812. The van der Waals surface area contributed by atoms with E-state index >= 15 is 0 Å². The van der Waals surface area contributed by atoms with Crippen LogP contribution in [-0.4, -0.2) is 21.7 Å². The molecule has 5 nitrogen and oxygen atoms in total. The van der Waals surface area contributed by atoms with Crippen LogP contribution in [0.2, 0.25) is 0 Å². The highest BCUT2D eigenvalue weighted by Gasteiger charge is 2.23. The van der Waals surface area contributed by atoms with Gasteiger partial charge >= 0.3 is 0 Å². The summed E-state index contributed by atoms with van der Waals surface area (Å²) in [6, 6.07) is 4.47. The van der Waals surface area contributed by atoms with Crippen molar-refractivity contribution in [3.05, 3.63) is 23.8 Å². The summed E-state index contributed by atoms with van der Waals surface area (Å²) in [6.45, 7) is 3.73. The smallest absolute Gasteiger partial charge is 0.237 e. The van der Waals surface area contributed by atoms with E-state index in [4.69, 9.17) is 10.8 Å². The van der Waals surface area contributed by atoms with Crippen LogP contribution in [0.25, 0.3) is 0 Å². The molecule has 0 aromatic heterocycles. The van der Waals surface area contributed by atoms with E-state index < -0.39 is 11.4 Å². The van der Waals surface area contributed by atoms with Gasteiger partial charge in [0.2, 0.25) is 5.91 Å². The fraction of sp³-hybridized carbons (Fsp3) is 0.364. The SMILES string of the molecule is CC(C)(NCc1ccc(O)c(O)c1)C(N)=O. The molecule has 0 heterocycles. The number of amides is 1. The van der Waals surface area contributed by atoms with Crippen molar-refractivity contribution >= 4 is 5.91 Å². The van der Waals surface area contributed by atoms with Crippen LogP contribution in [0.15, 0.2) is 18.2 Å². The van der Waals surface area contributed by atoms with E-state index in [2.05, 4.69) is 5.32 Å². The number of carbonyl (C=O) groups excluding carboxylic acids is 1. The first-order valence-electron chi connectivity index (χ1n) is 4.89. The summed E-state index contributed by atoms with van der Waals surface area (Å²) in [4.78, 5) is 11.0. The van der Waals surface area contributed by atoms with Gasteiger partial charge in [-0.1, -0.05) is 6.07 Å². The van der Waals surface area contributed by atoms with Crippen molar-refractivity contribution in [2.75, 3.05) is 0 Å². The molecule has 0 aliphatic carbocycles. The van der Waals surface area contributed by atoms with E-state index in [0.717, 1.165) is 5.56 Å². The van der Waals surface area contributed by atoms with E-state index in [9.17, 15) is 9.90 Å².